The molecular weight excluding hydrogens is 466 g/mol. The number of carbonyl (C=O) groups is 1. The molecule has 1 aliphatic heterocycles. The number of carbonyl (C=O) groups excluding carboxylic acids is 1. The summed E-state index contributed by atoms with van der Waals surface area (Å²) < 4.78 is 11.5. The van der Waals surface area contributed by atoms with Gasteiger partial charge in [-0.05, 0) is 35.4 Å². The average Bonchev–Trinajstić information content (AvgIpc) is 2.88. The van der Waals surface area contributed by atoms with Gasteiger partial charge < -0.3 is 19.8 Å². The fraction of sp³-hybridized carbons (Fsp3) is 0.148. The van der Waals surface area contributed by atoms with Gasteiger partial charge in [-0.15, -0.1) is 0 Å². The third kappa shape index (κ3) is 4.76. The first kappa shape index (κ1) is 22.7. The normalized spacial score (nSPS) is 14.7. The van der Waals surface area contributed by atoms with Gasteiger partial charge in [0.25, 0.3) is 5.56 Å². The van der Waals surface area contributed by atoms with Crippen molar-refractivity contribution in [3.05, 3.63) is 105 Å². The van der Waals surface area contributed by atoms with E-state index in [1.165, 1.54) is 0 Å². The van der Waals surface area contributed by atoms with Crippen LogP contribution >= 0.6 is 11.6 Å². The smallest absolute Gasteiger partial charge is 0.257 e. The number of amides is 1. The highest BCUT2D eigenvalue weighted by atomic mass is 35.5. The van der Waals surface area contributed by atoms with Gasteiger partial charge in [0.15, 0.2) is 11.5 Å². The second-order valence-corrected chi connectivity index (χ2v) is 8.61. The fourth-order valence-corrected chi connectivity index (χ4v) is 4.28. The van der Waals surface area contributed by atoms with E-state index >= 15 is 0 Å². The van der Waals surface area contributed by atoms with Crippen LogP contribution in [-0.4, -0.2) is 23.0 Å². The van der Waals surface area contributed by atoms with Gasteiger partial charge in [-0.1, -0.05) is 60.1 Å². The molecule has 35 heavy (non-hydrogen) atoms. The van der Waals surface area contributed by atoms with E-state index in [-0.39, 0.29) is 23.7 Å². The summed E-state index contributed by atoms with van der Waals surface area (Å²) in [7, 11) is 1.55. The van der Waals surface area contributed by atoms with Crippen molar-refractivity contribution in [2.24, 2.45) is 0 Å². The zero-order valence-electron chi connectivity index (χ0n) is 18.9. The Balaban J connectivity index is 1.46. The Hall–Kier alpha value is -4.10. The van der Waals surface area contributed by atoms with E-state index < -0.39 is 5.92 Å². The molecule has 2 heterocycles. The summed E-state index contributed by atoms with van der Waals surface area (Å²) >= 11 is 5.95. The van der Waals surface area contributed by atoms with Crippen LogP contribution in [0.25, 0.3) is 11.4 Å². The number of hydrogen-bond donors (Lipinski definition) is 2. The molecule has 0 fully saturated rings. The highest BCUT2D eigenvalue weighted by molar-refractivity contribution is 6.30. The lowest BCUT2D eigenvalue weighted by atomic mass is 9.86. The fourth-order valence-electron chi connectivity index (χ4n) is 4.15. The number of H-pyrrole nitrogens is 1. The molecule has 176 valence electrons. The van der Waals surface area contributed by atoms with E-state index in [4.69, 9.17) is 21.1 Å². The van der Waals surface area contributed by atoms with E-state index in [1.54, 1.807) is 31.4 Å². The number of hydrogen-bond acceptors (Lipinski definition) is 5. The summed E-state index contributed by atoms with van der Waals surface area (Å²) in [5, 5.41) is 3.42. The molecule has 1 amide bonds. The summed E-state index contributed by atoms with van der Waals surface area (Å²) in [6.45, 7) is 0.341. The Morgan fingerprint density at radius 3 is 2.51 bits per heavy atom. The quantitative estimate of drug-likeness (QED) is 0.392. The minimum Gasteiger partial charge on any atom is -0.493 e. The van der Waals surface area contributed by atoms with Crippen molar-refractivity contribution < 1.29 is 14.3 Å². The minimum atomic E-state index is -0.473. The lowest BCUT2D eigenvalue weighted by Gasteiger charge is -2.25. The number of ether oxygens (including phenoxy) is 2. The Kier molecular flexibility index (Phi) is 6.25. The van der Waals surface area contributed by atoms with Gasteiger partial charge in [0.05, 0.1) is 12.7 Å². The summed E-state index contributed by atoms with van der Waals surface area (Å²) in [4.78, 5) is 33.1. The number of anilines is 1. The van der Waals surface area contributed by atoms with Gasteiger partial charge in [0.2, 0.25) is 5.91 Å². The minimum absolute atomic E-state index is 0.122. The van der Waals surface area contributed by atoms with Gasteiger partial charge in [0.1, 0.15) is 18.2 Å². The molecule has 1 unspecified atom stereocenters. The monoisotopic (exact) mass is 487 g/mol. The Morgan fingerprint density at radius 2 is 1.77 bits per heavy atom. The standard InChI is InChI=1S/C27H22ClN3O4/c1-34-22-13-18(9-12-21(22)35-15-16-7-10-19(28)11-8-16)20-14-23(32)29-26-24(20)27(33)31-25(30-26)17-5-3-2-4-6-17/h2-13,20H,14-15H2,1H3,(H2,29,30,31,32,33). The molecule has 4 aromatic rings. The van der Waals surface area contributed by atoms with Crippen molar-refractivity contribution in [3.8, 4) is 22.9 Å². The SMILES string of the molecule is COc1cc(C2CC(=O)Nc3nc(-c4ccccc4)[nH]c(=O)c32)ccc1OCc1ccc(Cl)cc1. The average molecular weight is 488 g/mol. The van der Waals surface area contributed by atoms with E-state index in [2.05, 4.69) is 15.3 Å². The van der Waals surface area contributed by atoms with Gasteiger partial charge in [-0.25, -0.2) is 4.98 Å². The summed E-state index contributed by atoms with van der Waals surface area (Å²) in [5.41, 5.74) is 2.61. The van der Waals surface area contributed by atoms with Crippen LogP contribution < -0.4 is 20.3 Å². The van der Waals surface area contributed by atoms with Crippen LogP contribution in [0.4, 0.5) is 5.82 Å². The molecule has 1 atom stereocenters. The van der Waals surface area contributed by atoms with Crippen molar-refractivity contribution in [2.75, 3.05) is 12.4 Å². The van der Waals surface area contributed by atoms with Crippen LogP contribution in [-0.2, 0) is 11.4 Å². The Bertz CT molecular complexity index is 1440. The number of benzene rings is 3. The van der Waals surface area contributed by atoms with E-state index in [0.717, 1.165) is 16.7 Å². The molecular formula is C27H22ClN3O4. The number of aromatic nitrogens is 2. The highest BCUT2D eigenvalue weighted by Crippen LogP contribution is 2.38. The van der Waals surface area contributed by atoms with Gasteiger partial charge >= 0.3 is 0 Å². The second-order valence-electron chi connectivity index (χ2n) is 8.17. The number of nitrogens with zero attached hydrogens (tertiary/aromatic N) is 1. The maximum Gasteiger partial charge on any atom is 0.257 e. The van der Waals surface area contributed by atoms with Crippen LogP contribution in [0.15, 0.2) is 77.6 Å². The van der Waals surface area contributed by atoms with Gasteiger partial charge in [-0.3, -0.25) is 9.59 Å². The lowest BCUT2D eigenvalue weighted by molar-refractivity contribution is -0.116. The largest absolute Gasteiger partial charge is 0.493 e. The topological polar surface area (TPSA) is 93.3 Å². The number of rotatable bonds is 6. The molecule has 2 N–H and O–H groups in total. The predicted molar refractivity (Wildman–Crippen MR) is 134 cm³/mol. The number of nitrogens with one attached hydrogen (secondary N) is 2. The third-order valence-electron chi connectivity index (χ3n) is 5.90. The highest BCUT2D eigenvalue weighted by Gasteiger charge is 2.31. The van der Waals surface area contributed by atoms with Crippen molar-refractivity contribution >= 4 is 23.3 Å². The zero-order valence-corrected chi connectivity index (χ0v) is 19.6. The molecule has 5 rings (SSSR count). The molecule has 0 bridgehead atoms. The first-order valence-corrected chi connectivity index (χ1v) is 11.4. The van der Waals surface area contributed by atoms with Crippen LogP contribution in [0.5, 0.6) is 11.5 Å². The molecule has 1 aliphatic rings. The van der Waals surface area contributed by atoms with Gasteiger partial charge in [-0.2, -0.15) is 0 Å². The number of aromatic amines is 1. The van der Waals surface area contributed by atoms with E-state index in [9.17, 15) is 9.59 Å². The lowest BCUT2D eigenvalue weighted by Crippen LogP contribution is -2.31. The molecule has 0 saturated heterocycles. The number of methoxy groups -OCH3 is 1. The van der Waals surface area contributed by atoms with Crippen LogP contribution in [0.1, 0.15) is 29.0 Å². The van der Waals surface area contributed by atoms with Crippen molar-refractivity contribution in [1.29, 1.82) is 0 Å². The molecule has 8 heteroatoms. The summed E-state index contributed by atoms with van der Waals surface area (Å²) in [6.07, 6.45) is 0.122. The van der Waals surface area contributed by atoms with Crippen LogP contribution in [0.3, 0.4) is 0 Å². The molecule has 1 aromatic heterocycles. The number of halogens is 1. The maximum atomic E-state index is 13.1. The molecule has 3 aromatic carbocycles. The first-order valence-electron chi connectivity index (χ1n) is 11.1. The van der Waals surface area contributed by atoms with Crippen molar-refractivity contribution in [2.45, 2.75) is 18.9 Å². The Labute approximate surface area is 206 Å². The molecule has 0 radical (unpaired) electrons. The zero-order chi connectivity index (χ0) is 24.4. The maximum absolute atomic E-state index is 13.1. The molecule has 0 spiro atoms. The van der Waals surface area contributed by atoms with Crippen LogP contribution in [0.2, 0.25) is 5.02 Å². The third-order valence-corrected chi connectivity index (χ3v) is 6.15. The van der Waals surface area contributed by atoms with Crippen LogP contribution in [0, 0.1) is 0 Å². The Morgan fingerprint density at radius 1 is 1.00 bits per heavy atom. The van der Waals surface area contributed by atoms with Crippen molar-refractivity contribution in [3.63, 3.8) is 0 Å². The van der Waals surface area contributed by atoms with Gasteiger partial charge in [0, 0.05) is 22.9 Å². The van der Waals surface area contributed by atoms with Crippen molar-refractivity contribution in [1.82, 2.24) is 9.97 Å². The molecule has 0 saturated carbocycles. The second kappa shape index (κ2) is 9.64. The predicted octanol–water partition coefficient (Wildman–Crippen LogP) is 5.15. The summed E-state index contributed by atoms with van der Waals surface area (Å²) in [6, 6.07) is 22.1. The molecule has 7 nitrogen and oxygen atoms in total. The van der Waals surface area contributed by atoms with E-state index in [0.29, 0.717) is 34.5 Å². The number of fused-ring (bicyclic) bond motifs is 1. The molecule has 0 aliphatic carbocycles. The summed E-state index contributed by atoms with van der Waals surface area (Å²) in [5.74, 6) is 1.06. The first-order chi connectivity index (χ1) is 17.0. The van der Waals surface area contributed by atoms with E-state index in [1.807, 2.05) is 48.5 Å².